The van der Waals surface area contributed by atoms with E-state index in [-0.39, 0.29) is 24.5 Å². The third-order valence-electron chi connectivity index (χ3n) is 5.70. The number of rotatable bonds is 10. The summed E-state index contributed by atoms with van der Waals surface area (Å²) in [4.78, 5) is 40.6. The first-order valence-electron chi connectivity index (χ1n) is 12.3. The van der Waals surface area contributed by atoms with Crippen molar-refractivity contribution in [2.24, 2.45) is 5.92 Å². The molecule has 3 rings (SSSR count). The van der Waals surface area contributed by atoms with Crippen LogP contribution < -0.4 is 10.6 Å². The van der Waals surface area contributed by atoms with Crippen LogP contribution in [-0.2, 0) is 14.3 Å². The van der Waals surface area contributed by atoms with Crippen LogP contribution >= 0.6 is 0 Å². The van der Waals surface area contributed by atoms with E-state index in [4.69, 9.17) is 4.74 Å². The summed E-state index contributed by atoms with van der Waals surface area (Å²) in [5, 5.41) is 5.93. The Balaban J connectivity index is 2.13. The van der Waals surface area contributed by atoms with E-state index in [1.54, 1.807) is 30.0 Å². The average molecular weight is 478 g/mol. The van der Waals surface area contributed by atoms with Gasteiger partial charge >= 0.3 is 12.0 Å². The van der Waals surface area contributed by atoms with Gasteiger partial charge in [0.2, 0.25) is 5.91 Å². The van der Waals surface area contributed by atoms with Crippen molar-refractivity contribution in [2.45, 2.75) is 53.0 Å². The number of benzene rings is 2. The number of urea groups is 1. The maximum Gasteiger partial charge on any atom is 0.338 e. The quantitative estimate of drug-likeness (QED) is 0.442. The van der Waals surface area contributed by atoms with E-state index in [9.17, 15) is 14.4 Å². The van der Waals surface area contributed by atoms with Crippen LogP contribution in [0.3, 0.4) is 0 Å². The number of unbranched alkanes of at least 4 members (excludes halogenated alkanes) is 1. The Morgan fingerprint density at radius 2 is 1.83 bits per heavy atom. The molecule has 0 radical (unpaired) electrons. The van der Waals surface area contributed by atoms with Crippen molar-refractivity contribution in [3.63, 3.8) is 0 Å². The van der Waals surface area contributed by atoms with Crippen LogP contribution in [0, 0.1) is 5.92 Å². The highest BCUT2D eigenvalue weighted by Gasteiger charge is 2.38. The molecule has 1 aliphatic heterocycles. The molecule has 35 heavy (non-hydrogen) atoms. The molecule has 2 N–H and O–H groups in total. The van der Waals surface area contributed by atoms with Gasteiger partial charge in [0, 0.05) is 18.7 Å². The number of hydrogen-bond acceptors (Lipinski definition) is 4. The molecule has 186 valence electrons. The summed E-state index contributed by atoms with van der Waals surface area (Å²) in [6, 6.07) is 15.7. The van der Waals surface area contributed by atoms with Gasteiger partial charge in [-0.25, -0.2) is 9.59 Å². The Kier molecular flexibility index (Phi) is 9.06. The largest absolute Gasteiger partial charge is 0.463 e. The molecule has 7 nitrogen and oxygen atoms in total. The predicted octanol–water partition coefficient (Wildman–Crippen LogP) is 5.51. The molecule has 0 bridgehead atoms. The number of ether oxygens (including phenoxy) is 1. The van der Waals surface area contributed by atoms with Gasteiger partial charge in [0.25, 0.3) is 0 Å². The van der Waals surface area contributed by atoms with E-state index in [2.05, 4.69) is 17.6 Å². The van der Waals surface area contributed by atoms with E-state index < -0.39 is 12.0 Å². The minimum absolute atomic E-state index is 0.0818. The number of nitrogens with one attached hydrogen (secondary N) is 2. The highest BCUT2D eigenvalue weighted by molar-refractivity contribution is 6.04. The molecule has 0 saturated heterocycles. The van der Waals surface area contributed by atoms with Crippen LogP contribution in [0.2, 0.25) is 0 Å². The molecule has 7 heteroatoms. The van der Waals surface area contributed by atoms with E-state index in [1.807, 2.05) is 50.2 Å². The molecule has 0 unspecified atom stereocenters. The summed E-state index contributed by atoms with van der Waals surface area (Å²) in [6.45, 7) is 8.48. The first-order valence-corrected chi connectivity index (χ1v) is 12.3. The van der Waals surface area contributed by atoms with Crippen LogP contribution in [0.15, 0.2) is 60.2 Å². The smallest absolute Gasteiger partial charge is 0.338 e. The predicted molar refractivity (Wildman–Crippen MR) is 137 cm³/mol. The summed E-state index contributed by atoms with van der Waals surface area (Å²) in [5.74, 6) is -0.328. The molecule has 0 saturated carbocycles. The maximum absolute atomic E-state index is 13.3. The number of carbonyl (C=O) groups excluding carboxylic acids is 3. The van der Waals surface area contributed by atoms with Crippen molar-refractivity contribution in [2.75, 3.05) is 18.5 Å². The molecule has 2 aromatic carbocycles. The van der Waals surface area contributed by atoms with Gasteiger partial charge in [-0.15, -0.1) is 0 Å². The first kappa shape index (κ1) is 26.0. The molecule has 1 atom stereocenters. The van der Waals surface area contributed by atoms with Crippen molar-refractivity contribution in [3.8, 4) is 0 Å². The van der Waals surface area contributed by atoms with Crippen molar-refractivity contribution < 1.29 is 19.1 Å². The van der Waals surface area contributed by atoms with Crippen LogP contribution in [-0.4, -0.2) is 36.0 Å². The summed E-state index contributed by atoms with van der Waals surface area (Å²) in [7, 11) is 0. The molecule has 0 aromatic heterocycles. The van der Waals surface area contributed by atoms with Gasteiger partial charge in [-0.1, -0.05) is 69.7 Å². The zero-order chi connectivity index (χ0) is 25.4. The lowest BCUT2D eigenvalue weighted by molar-refractivity contribution is -0.139. The average Bonchev–Trinajstić information content (AvgIpc) is 2.83. The lowest BCUT2D eigenvalue weighted by Gasteiger charge is -2.37. The molecule has 0 aliphatic carbocycles. The lowest BCUT2D eigenvalue weighted by Crippen LogP contribution is -2.48. The maximum atomic E-state index is 13.3. The summed E-state index contributed by atoms with van der Waals surface area (Å²) >= 11 is 0. The van der Waals surface area contributed by atoms with Gasteiger partial charge in [-0.05, 0) is 42.5 Å². The highest BCUT2D eigenvalue weighted by atomic mass is 16.5. The van der Waals surface area contributed by atoms with Crippen molar-refractivity contribution >= 4 is 29.3 Å². The van der Waals surface area contributed by atoms with E-state index in [0.717, 1.165) is 18.4 Å². The number of esters is 1. The number of amides is 3. The zero-order valence-electron chi connectivity index (χ0n) is 21.0. The van der Waals surface area contributed by atoms with Gasteiger partial charge in [-0.2, -0.15) is 0 Å². The number of nitrogens with zero attached hydrogens (tertiary/aromatic N) is 1. The van der Waals surface area contributed by atoms with E-state index in [1.165, 1.54) is 0 Å². The Bertz CT molecular complexity index is 1080. The zero-order valence-corrected chi connectivity index (χ0v) is 21.0. The molecule has 2 aromatic rings. The Hall–Kier alpha value is -3.61. The molecule has 1 aliphatic rings. The molecule has 1 heterocycles. The van der Waals surface area contributed by atoms with Gasteiger partial charge in [0.05, 0.1) is 23.9 Å². The normalized spacial score (nSPS) is 15.7. The molecule has 3 amide bonds. The molecule has 0 fully saturated rings. The Labute approximate surface area is 207 Å². The minimum Gasteiger partial charge on any atom is -0.463 e. The first-order chi connectivity index (χ1) is 16.8. The van der Waals surface area contributed by atoms with E-state index in [0.29, 0.717) is 35.5 Å². The van der Waals surface area contributed by atoms with Gasteiger partial charge in [-0.3, -0.25) is 9.69 Å². The molecular formula is C28H35N3O4. The SMILES string of the molecule is CCCCN1C(=O)N[C@H](c2cccc(NC(=O)CC(C)C)c2)C(C(=O)OCC)=C1c1ccccc1. The van der Waals surface area contributed by atoms with Gasteiger partial charge < -0.3 is 15.4 Å². The fourth-order valence-corrected chi connectivity index (χ4v) is 4.15. The van der Waals surface area contributed by atoms with E-state index >= 15 is 0 Å². The molecular weight excluding hydrogens is 442 g/mol. The second kappa shape index (κ2) is 12.2. The van der Waals surface area contributed by atoms with Crippen LogP contribution in [0.5, 0.6) is 0 Å². The lowest BCUT2D eigenvalue weighted by atomic mass is 9.91. The second-order valence-electron chi connectivity index (χ2n) is 9.01. The summed E-state index contributed by atoms with van der Waals surface area (Å²) in [6.07, 6.45) is 2.10. The molecule has 0 spiro atoms. The topological polar surface area (TPSA) is 87.7 Å². The van der Waals surface area contributed by atoms with Crippen molar-refractivity contribution in [3.05, 3.63) is 71.3 Å². The number of carbonyl (C=O) groups is 3. The van der Waals surface area contributed by atoms with Gasteiger partial charge in [0.1, 0.15) is 0 Å². The van der Waals surface area contributed by atoms with Gasteiger partial charge in [0.15, 0.2) is 0 Å². The monoisotopic (exact) mass is 477 g/mol. The van der Waals surface area contributed by atoms with Crippen molar-refractivity contribution in [1.82, 2.24) is 10.2 Å². The number of anilines is 1. The fourth-order valence-electron chi connectivity index (χ4n) is 4.15. The third kappa shape index (κ3) is 6.50. The van der Waals surface area contributed by atoms with Crippen LogP contribution in [0.1, 0.15) is 64.1 Å². The Morgan fingerprint density at radius 1 is 1.09 bits per heavy atom. The minimum atomic E-state index is -0.725. The third-order valence-corrected chi connectivity index (χ3v) is 5.70. The standard InChI is InChI=1S/C28H35N3O4/c1-5-7-16-31-26(20-12-9-8-10-13-20)24(27(33)35-6-2)25(30-28(31)34)21-14-11-15-22(18-21)29-23(32)17-19(3)4/h8-15,18-19,25H,5-7,16-17H2,1-4H3,(H,29,32)(H,30,34)/t25-/m1/s1. The van der Waals surface area contributed by atoms with Crippen LogP contribution in [0.25, 0.3) is 5.70 Å². The fraction of sp³-hybridized carbons (Fsp3) is 0.393. The van der Waals surface area contributed by atoms with Crippen LogP contribution in [0.4, 0.5) is 10.5 Å². The number of hydrogen-bond donors (Lipinski definition) is 2. The second-order valence-corrected chi connectivity index (χ2v) is 9.01. The summed E-state index contributed by atoms with van der Waals surface area (Å²) < 4.78 is 5.47. The van der Waals surface area contributed by atoms with Crippen molar-refractivity contribution in [1.29, 1.82) is 0 Å². The summed E-state index contributed by atoms with van der Waals surface area (Å²) in [5.41, 5.74) is 3.00. The highest BCUT2D eigenvalue weighted by Crippen LogP contribution is 2.37. The Morgan fingerprint density at radius 3 is 2.49 bits per heavy atom.